The summed E-state index contributed by atoms with van der Waals surface area (Å²) >= 11 is 0. The lowest BCUT2D eigenvalue weighted by Gasteiger charge is -1.64. The quantitative estimate of drug-likeness (QED) is 0.488. The summed E-state index contributed by atoms with van der Waals surface area (Å²) in [6.45, 7) is 11.9. The van der Waals surface area contributed by atoms with E-state index < -0.39 is 11.9 Å². The van der Waals surface area contributed by atoms with Crippen LogP contribution >= 0.6 is 0 Å². The molecule has 0 saturated carbocycles. The van der Waals surface area contributed by atoms with Gasteiger partial charge in [-0.2, -0.15) is 0 Å². The molecule has 0 aliphatic heterocycles. The number of carboxylic acid groups (broad SMARTS) is 2. The van der Waals surface area contributed by atoms with E-state index in [0.29, 0.717) is 0 Å². The molecule has 0 radical (unpaired) electrons. The predicted octanol–water partition coefficient (Wildman–Crippen LogP) is 0.491. The number of hydrogen-bond acceptors (Lipinski definition) is 2. The van der Waals surface area contributed by atoms with Gasteiger partial charge in [-0.25, -0.2) is 9.59 Å². The molecule has 0 aromatic heterocycles. The van der Waals surface area contributed by atoms with Crippen LogP contribution in [0.15, 0.2) is 38.5 Å². The lowest BCUT2D eigenvalue weighted by molar-refractivity contribution is -0.132. The van der Waals surface area contributed by atoms with Crippen molar-refractivity contribution in [3.8, 4) is 0 Å². The van der Waals surface area contributed by atoms with Gasteiger partial charge >= 0.3 is 11.9 Å². The van der Waals surface area contributed by atoms with Crippen molar-refractivity contribution in [2.24, 2.45) is 0 Å². The summed E-state index contributed by atoms with van der Waals surface area (Å²) in [7, 11) is 0. The molecule has 76 valence electrons. The van der Waals surface area contributed by atoms with E-state index >= 15 is 0 Å². The second-order valence-corrected chi connectivity index (χ2v) is 1.08. The third kappa shape index (κ3) is 148. The molecule has 5 heteroatoms. The van der Waals surface area contributed by atoms with Gasteiger partial charge in [-0.1, -0.05) is 13.2 Å². The van der Waals surface area contributed by atoms with Gasteiger partial charge in [0, 0.05) is 12.2 Å². The fraction of sp³-hybridized carbons (Fsp3) is 0. The maximum absolute atomic E-state index is 9.25. The van der Waals surface area contributed by atoms with E-state index in [9.17, 15) is 9.59 Å². The first-order valence-electron chi connectivity index (χ1n) is 2.75. The van der Waals surface area contributed by atoms with E-state index in [-0.39, 0.29) is 5.48 Å². The van der Waals surface area contributed by atoms with Crippen LogP contribution in [0.3, 0.4) is 0 Å². The minimum Gasteiger partial charge on any atom is -0.478 e. The molecule has 0 amide bonds. The second kappa shape index (κ2) is 22.5. The molecular weight excluding hydrogens is 176 g/mol. The van der Waals surface area contributed by atoms with Crippen LogP contribution in [0.4, 0.5) is 0 Å². The van der Waals surface area contributed by atoms with Crippen molar-refractivity contribution in [3.05, 3.63) is 38.5 Å². The molecule has 0 aromatic carbocycles. The Kier molecular flexibility index (Phi) is 38.8. The van der Waals surface area contributed by atoms with E-state index in [1.165, 1.54) is 0 Å². The van der Waals surface area contributed by atoms with E-state index in [4.69, 9.17) is 10.2 Å². The highest BCUT2D eigenvalue weighted by Gasteiger charge is 1.73. The minimum absolute atomic E-state index is 0. The normalized spacial score (nSPS) is 5.23. The Morgan fingerprint density at radius 1 is 0.923 bits per heavy atom. The maximum atomic E-state index is 9.25. The maximum Gasteiger partial charge on any atom is 0.327 e. The summed E-state index contributed by atoms with van der Waals surface area (Å²) in [5, 5.41) is 15.2. The topological polar surface area (TPSA) is 106 Å². The van der Waals surface area contributed by atoms with Crippen molar-refractivity contribution in [2.45, 2.75) is 0 Å². The van der Waals surface area contributed by atoms with Crippen molar-refractivity contribution >= 4 is 11.9 Å². The number of rotatable bonds is 2. The molecule has 0 saturated heterocycles. The van der Waals surface area contributed by atoms with Crippen LogP contribution in [0.25, 0.3) is 0 Å². The highest BCUT2D eigenvalue weighted by atomic mass is 16.4. The highest BCUT2D eigenvalue weighted by Crippen LogP contribution is 1.55. The Morgan fingerprint density at radius 3 is 1.00 bits per heavy atom. The molecule has 0 fully saturated rings. The first-order chi connectivity index (χ1) is 5.54. The van der Waals surface area contributed by atoms with Crippen LogP contribution in [0, 0.1) is 0 Å². The zero-order valence-corrected chi connectivity index (χ0v) is 7.19. The third-order valence-electron chi connectivity index (χ3n) is 0.349. The fourth-order valence-corrected chi connectivity index (χ4v) is 0. The Balaban J connectivity index is -0.0000000491. The first-order valence-corrected chi connectivity index (χ1v) is 2.75. The predicted molar refractivity (Wildman–Crippen MR) is 50.5 cm³/mol. The average Bonchev–Trinajstić information content (AvgIpc) is 2.09. The minimum atomic E-state index is -0.981. The Bertz CT molecular complexity index is 144. The molecule has 0 aromatic rings. The van der Waals surface area contributed by atoms with Crippen molar-refractivity contribution in [1.29, 1.82) is 0 Å². The van der Waals surface area contributed by atoms with Gasteiger partial charge in [0.2, 0.25) is 0 Å². The number of hydrogen-bond donors (Lipinski definition) is 2. The van der Waals surface area contributed by atoms with Crippen LogP contribution in [0.2, 0.25) is 0 Å². The summed E-state index contributed by atoms with van der Waals surface area (Å²) in [5.41, 5.74) is 0. The molecule has 13 heavy (non-hydrogen) atoms. The first kappa shape index (κ1) is 22.5. The van der Waals surface area contributed by atoms with Gasteiger partial charge < -0.3 is 15.7 Å². The molecular formula is C8H14O5. The Labute approximate surface area is 76.6 Å². The van der Waals surface area contributed by atoms with Crippen molar-refractivity contribution in [1.82, 2.24) is 0 Å². The second-order valence-electron chi connectivity index (χ2n) is 1.08. The Morgan fingerprint density at radius 2 is 1.00 bits per heavy atom. The van der Waals surface area contributed by atoms with Crippen LogP contribution in [-0.4, -0.2) is 27.6 Å². The molecule has 0 unspecified atom stereocenters. The van der Waals surface area contributed by atoms with Crippen LogP contribution < -0.4 is 0 Å². The lowest BCUT2D eigenvalue weighted by Crippen LogP contribution is -1.82. The van der Waals surface area contributed by atoms with E-state index in [0.717, 1.165) is 12.2 Å². The zero-order valence-electron chi connectivity index (χ0n) is 7.19. The molecule has 5 nitrogen and oxygen atoms in total. The summed E-state index contributed by atoms with van der Waals surface area (Å²) in [6.07, 6.45) is 1.67. The molecule has 0 spiro atoms. The van der Waals surface area contributed by atoms with Crippen molar-refractivity contribution in [3.63, 3.8) is 0 Å². The molecule has 4 N–H and O–H groups in total. The molecule has 0 rings (SSSR count). The van der Waals surface area contributed by atoms with E-state index in [1.807, 2.05) is 0 Å². The third-order valence-corrected chi connectivity index (χ3v) is 0.349. The van der Waals surface area contributed by atoms with Gasteiger partial charge in [0.15, 0.2) is 0 Å². The van der Waals surface area contributed by atoms with Gasteiger partial charge in [0.1, 0.15) is 0 Å². The van der Waals surface area contributed by atoms with Crippen LogP contribution in [0.1, 0.15) is 0 Å². The van der Waals surface area contributed by atoms with Crippen LogP contribution in [0.5, 0.6) is 0 Å². The van der Waals surface area contributed by atoms with Gasteiger partial charge in [-0.15, -0.1) is 13.2 Å². The highest BCUT2D eigenvalue weighted by molar-refractivity contribution is 5.79. The Hall–Kier alpha value is -1.88. The van der Waals surface area contributed by atoms with Gasteiger partial charge in [0.05, 0.1) is 0 Å². The largest absolute Gasteiger partial charge is 0.478 e. The molecule has 0 atom stereocenters. The summed E-state index contributed by atoms with van der Waals surface area (Å²) in [4.78, 5) is 18.5. The molecule has 0 aliphatic carbocycles. The van der Waals surface area contributed by atoms with Crippen molar-refractivity contribution in [2.75, 3.05) is 0 Å². The fourth-order valence-electron chi connectivity index (χ4n) is 0. The summed E-state index contributed by atoms with van der Waals surface area (Å²) in [5.74, 6) is -1.96. The SMILES string of the molecule is C=C.C=CC(=O)O.C=CC(=O)O.O. The monoisotopic (exact) mass is 190 g/mol. The lowest BCUT2D eigenvalue weighted by atomic mass is 10.7. The van der Waals surface area contributed by atoms with E-state index in [2.05, 4.69) is 26.3 Å². The average molecular weight is 190 g/mol. The van der Waals surface area contributed by atoms with Gasteiger partial charge in [-0.3, -0.25) is 0 Å². The zero-order chi connectivity index (χ0) is 10.6. The van der Waals surface area contributed by atoms with Gasteiger partial charge in [-0.05, 0) is 0 Å². The van der Waals surface area contributed by atoms with Gasteiger partial charge in [0.25, 0.3) is 0 Å². The molecule has 0 bridgehead atoms. The number of aliphatic carboxylic acids is 2. The van der Waals surface area contributed by atoms with E-state index in [1.54, 1.807) is 0 Å². The summed E-state index contributed by atoms with van der Waals surface area (Å²) in [6, 6.07) is 0. The number of carboxylic acids is 2. The smallest absolute Gasteiger partial charge is 0.327 e. The molecule has 0 heterocycles. The van der Waals surface area contributed by atoms with Crippen LogP contribution in [-0.2, 0) is 9.59 Å². The number of carbonyl (C=O) groups is 2. The molecule has 0 aliphatic rings. The van der Waals surface area contributed by atoms with Crippen molar-refractivity contribution < 1.29 is 25.3 Å². The summed E-state index contributed by atoms with van der Waals surface area (Å²) < 4.78 is 0. The standard InChI is InChI=1S/2C3H4O2.C2H4.H2O/c2*1-2-3(4)5;1-2;/h2*2H,1H2,(H,4,5);1-2H2;1H2.